The number of rotatable bonds is 9. The third-order valence-electron chi connectivity index (χ3n) is 3.44. The molecule has 0 fully saturated rings. The van der Waals surface area contributed by atoms with Gasteiger partial charge in [-0.1, -0.05) is 25.5 Å². The van der Waals surface area contributed by atoms with E-state index in [0.717, 1.165) is 18.4 Å². The van der Waals surface area contributed by atoms with Gasteiger partial charge in [-0.3, -0.25) is 15.5 Å². The summed E-state index contributed by atoms with van der Waals surface area (Å²) in [6.07, 6.45) is 3.60. The number of nitro benzene ring substituents is 1. The standard InChI is InChI=1S/C18H21N3O4/c1-3-4-11-25-17-10-9-14(12-18(17)24-2)13-19-20-15-7-5-6-8-16(15)21(22)23/h5-10,12-13,20H,3-4,11H2,1-2H3/b19-13-. The minimum atomic E-state index is -0.455. The summed E-state index contributed by atoms with van der Waals surface area (Å²) in [6.45, 7) is 2.74. The zero-order valence-corrected chi connectivity index (χ0v) is 14.3. The largest absolute Gasteiger partial charge is 0.493 e. The fourth-order valence-corrected chi connectivity index (χ4v) is 2.11. The van der Waals surface area contributed by atoms with Crippen LogP contribution in [0.1, 0.15) is 25.3 Å². The van der Waals surface area contributed by atoms with E-state index in [1.54, 1.807) is 37.6 Å². The Morgan fingerprint density at radius 3 is 2.76 bits per heavy atom. The molecule has 25 heavy (non-hydrogen) atoms. The monoisotopic (exact) mass is 343 g/mol. The molecular formula is C18H21N3O4. The van der Waals surface area contributed by atoms with E-state index in [2.05, 4.69) is 17.5 Å². The first-order valence-electron chi connectivity index (χ1n) is 7.99. The number of nitrogens with one attached hydrogen (secondary N) is 1. The Morgan fingerprint density at radius 2 is 2.04 bits per heavy atom. The van der Waals surface area contributed by atoms with E-state index in [0.29, 0.717) is 23.8 Å². The second-order valence-electron chi connectivity index (χ2n) is 5.26. The van der Waals surface area contributed by atoms with Crippen molar-refractivity contribution < 1.29 is 14.4 Å². The molecule has 0 amide bonds. The van der Waals surface area contributed by atoms with Crippen LogP contribution in [0.15, 0.2) is 47.6 Å². The molecule has 0 aliphatic rings. The second-order valence-corrected chi connectivity index (χ2v) is 5.26. The maximum absolute atomic E-state index is 11.0. The van der Waals surface area contributed by atoms with E-state index in [1.807, 2.05) is 12.1 Å². The highest BCUT2D eigenvalue weighted by molar-refractivity contribution is 5.81. The molecule has 2 aromatic rings. The fraction of sp³-hybridized carbons (Fsp3) is 0.278. The number of nitrogens with zero attached hydrogens (tertiary/aromatic N) is 2. The van der Waals surface area contributed by atoms with E-state index >= 15 is 0 Å². The molecule has 0 saturated carbocycles. The van der Waals surface area contributed by atoms with Crippen molar-refractivity contribution in [1.29, 1.82) is 0 Å². The Hall–Kier alpha value is -3.09. The minimum Gasteiger partial charge on any atom is -0.493 e. The van der Waals surface area contributed by atoms with Gasteiger partial charge in [0.25, 0.3) is 5.69 Å². The maximum Gasteiger partial charge on any atom is 0.294 e. The lowest BCUT2D eigenvalue weighted by atomic mass is 10.2. The normalized spacial score (nSPS) is 10.6. The summed E-state index contributed by atoms with van der Waals surface area (Å²) in [7, 11) is 1.58. The number of hydrazone groups is 1. The number of hydrogen-bond acceptors (Lipinski definition) is 6. The SMILES string of the molecule is CCCCOc1ccc(/C=N\Nc2ccccc2[N+](=O)[O-])cc1OC. The summed E-state index contributed by atoms with van der Waals surface area (Å²) in [5.74, 6) is 1.30. The van der Waals surface area contributed by atoms with E-state index in [-0.39, 0.29) is 5.69 Å². The van der Waals surface area contributed by atoms with Crippen LogP contribution in [0.4, 0.5) is 11.4 Å². The topological polar surface area (TPSA) is 86.0 Å². The van der Waals surface area contributed by atoms with Crippen LogP contribution in [-0.4, -0.2) is 24.9 Å². The third-order valence-corrected chi connectivity index (χ3v) is 3.44. The molecule has 0 unspecified atom stereocenters. The Labute approximate surface area is 146 Å². The molecule has 0 aromatic heterocycles. The molecule has 0 aliphatic carbocycles. The lowest BCUT2D eigenvalue weighted by Gasteiger charge is -2.10. The molecule has 7 nitrogen and oxygen atoms in total. The van der Waals surface area contributed by atoms with Crippen LogP contribution in [-0.2, 0) is 0 Å². The number of hydrogen-bond donors (Lipinski definition) is 1. The molecule has 0 heterocycles. The molecule has 1 N–H and O–H groups in total. The number of benzene rings is 2. The molecule has 0 bridgehead atoms. The van der Waals surface area contributed by atoms with Gasteiger partial charge >= 0.3 is 0 Å². The van der Waals surface area contributed by atoms with Gasteiger partial charge in [-0.15, -0.1) is 0 Å². The van der Waals surface area contributed by atoms with Crippen LogP contribution in [0, 0.1) is 10.1 Å². The summed E-state index contributed by atoms with van der Waals surface area (Å²) in [5.41, 5.74) is 3.77. The van der Waals surface area contributed by atoms with Gasteiger partial charge in [0, 0.05) is 6.07 Å². The number of methoxy groups -OCH3 is 1. The summed E-state index contributed by atoms with van der Waals surface area (Å²) in [4.78, 5) is 10.5. The zero-order valence-electron chi connectivity index (χ0n) is 14.3. The van der Waals surface area contributed by atoms with Crippen LogP contribution in [0.25, 0.3) is 0 Å². The fourth-order valence-electron chi connectivity index (χ4n) is 2.11. The second kappa shape index (κ2) is 9.27. The average molecular weight is 343 g/mol. The highest BCUT2D eigenvalue weighted by atomic mass is 16.6. The van der Waals surface area contributed by atoms with E-state index in [4.69, 9.17) is 9.47 Å². The molecule has 0 aliphatic heterocycles. The Kier molecular flexibility index (Phi) is 6.76. The zero-order chi connectivity index (χ0) is 18.1. The van der Waals surface area contributed by atoms with E-state index < -0.39 is 4.92 Å². The highest BCUT2D eigenvalue weighted by Crippen LogP contribution is 2.28. The number of nitro groups is 1. The van der Waals surface area contributed by atoms with Gasteiger partial charge in [-0.25, -0.2) is 0 Å². The van der Waals surface area contributed by atoms with Crippen molar-refractivity contribution in [3.8, 4) is 11.5 Å². The van der Waals surface area contributed by atoms with Gasteiger partial charge < -0.3 is 9.47 Å². The van der Waals surface area contributed by atoms with Crippen molar-refractivity contribution in [3.05, 3.63) is 58.1 Å². The van der Waals surface area contributed by atoms with Crippen molar-refractivity contribution in [2.75, 3.05) is 19.1 Å². The summed E-state index contributed by atoms with van der Waals surface area (Å²) in [5, 5.41) is 15.0. The van der Waals surface area contributed by atoms with Gasteiger partial charge in [0.2, 0.25) is 0 Å². The predicted molar refractivity (Wildman–Crippen MR) is 97.7 cm³/mol. The first-order valence-corrected chi connectivity index (χ1v) is 7.99. The van der Waals surface area contributed by atoms with Crippen LogP contribution >= 0.6 is 0 Å². The molecule has 0 radical (unpaired) electrons. The average Bonchev–Trinajstić information content (AvgIpc) is 2.63. The van der Waals surface area contributed by atoms with Gasteiger partial charge in [0.15, 0.2) is 11.5 Å². The van der Waals surface area contributed by atoms with Crippen molar-refractivity contribution in [1.82, 2.24) is 0 Å². The van der Waals surface area contributed by atoms with Crippen LogP contribution in [0.5, 0.6) is 11.5 Å². The Balaban J connectivity index is 2.07. The van der Waals surface area contributed by atoms with Crippen molar-refractivity contribution in [2.24, 2.45) is 5.10 Å². The number of ether oxygens (including phenoxy) is 2. The van der Waals surface area contributed by atoms with Gasteiger partial charge in [-0.05, 0) is 36.2 Å². The minimum absolute atomic E-state index is 0.0306. The van der Waals surface area contributed by atoms with Crippen molar-refractivity contribution in [3.63, 3.8) is 0 Å². The quantitative estimate of drug-likeness (QED) is 0.319. The third kappa shape index (κ3) is 5.20. The number of para-hydroxylation sites is 2. The maximum atomic E-state index is 11.0. The molecule has 0 saturated heterocycles. The Morgan fingerprint density at radius 1 is 1.24 bits per heavy atom. The first-order chi connectivity index (χ1) is 12.2. The molecule has 7 heteroatoms. The molecule has 2 rings (SSSR count). The summed E-state index contributed by atoms with van der Waals surface area (Å²) < 4.78 is 11.0. The van der Waals surface area contributed by atoms with E-state index in [9.17, 15) is 10.1 Å². The Bertz CT molecular complexity index is 747. The van der Waals surface area contributed by atoms with Gasteiger partial charge in [0.1, 0.15) is 5.69 Å². The van der Waals surface area contributed by atoms with Gasteiger partial charge in [-0.2, -0.15) is 5.10 Å². The van der Waals surface area contributed by atoms with Crippen LogP contribution in [0.2, 0.25) is 0 Å². The first kappa shape index (κ1) is 18.3. The van der Waals surface area contributed by atoms with Crippen molar-refractivity contribution >= 4 is 17.6 Å². The summed E-state index contributed by atoms with van der Waals surface area (Å²) >= 11 is 0. The van der Waals surface area contributed by atoms with Gasteiger partial charge in [0.05, 0.1) is 24.9 Å². The lowest BCUT2D eigenvalue weighted by Crippen LogP contribution is -2.00. The van der Waals surface area contributed by atoms with Crippen LogP contribution < -0.4 is 14.9 Å². The molecule has 2 aromatic carbocycles. The van der Waals surface area contributed by atoms with E-state index in [1.165, 1.54) is 6.07 Å². The number of unbranched alkanes of at least 4 members (excludes halogenated alkanes) is 1. The van der Waals surface area contributed by atoms with Crippen molar-refractivity contribution in [2.45, 2.75) is 19.8 Å². The smallest absolute Gasteiger partial charge is 0.294 e. The number of anilines is 1. The van der Waals surface area contributed by atoms with Crippen LogP contribution in [0.3, 0.4) is 0 Å². The highest BCUT2D eigenvalue weighted by Gasteiger charge is 2.11. The molecule has 132 valence electrons. The molecule has 0 atom stereocenters. The molecular weight excluding hydrogens is 322 g/mol. The predicted octanol–water partition coefficient (Wildman–Crippen LogP) is 4.23. The molecule has 0 spiro atoms. The lowest BCUT2D eigenvalue weighted by molar-refractivity contribution is -0.384. The summed E-state index contributed by atoms with van der Waals surface area (Å²) in [6, 6.07) is 11.8.